The van der Waals surface area contributed by atoms with E-state index in [-0.39, 0.29) is 11.9 Å². The first kappa shape index (κ1) is 16.3. The first-order chi connectivity index (χ1) is 12.6. The fourth-order valence-electron chi connectivity index (χ4n) is 3.42. The Kier molecular flexibility index (Phi) is 4.13. The van der Waals surface area contributed by atoms with Gasteiger partial charge in [-0.2, -0.15) is 0 Å². The Bertz CT molecular complexity index is 1120. The summed E-state index contributed by atoms with van der Waals surface area (Å²) in [5, 5.41) is 6.56. The molecule has 4 rings (SSSR count). The second-order valence-electron chi connectivity index (χ2n) is 6.62. The molecule has 0 aliphatic rings. The van der Waals surface area contributed by atoms with Crippen LogP contribution in [0.25, 0.3) is 21.7 Å². The quantitative estimate of drug-likeness (QED) is 0.558. The number of carbonyl (C=O) groups excluding carboxylic acids is 1. The number of carbonyl (C=O) groups is 1. The van der Waals surface area contributed by atoms with Crippen LogP contribution in [-0.4, -0.2) is 10.9 Å². The van der Waals surface area contributed by atoms with Crippen molar-refractivity contribution in [3.63, 3.8) is 0 Å². The lowest BCUT2D eigenvalue weighted by molar-refractivity contribution is 0.0940. The fraction of sp³-hybridized carbons (Fsp3) is 0.130. The van der Waals surface area contributed by atoms with Gasteiger partial charge < -0.3 is 5.32 Å². The zero-order chi connectivity index (χ0) is 18.1. The lowest BCUT2D eigenvalue weighted by Crippen LogP contribution is -2.26. The van der Waals surface area contributed by atoms with Crippen molar-refractivity contribution in [2.45, 2.75) is 19.9 Å². The first-order valence-corrected chi connectivity index (χ1v) is 8.77. The predicted molar refractivity (Wildman–Crippen MR) is 106 cm³/mol. The van der Waals surface area contributed by atoms with E-state index >= 15 is 0 Å². The number of rotatable bonds is 3. The van der Waals surface area contributed by atoms with E-state index in [4.69, 9.17) is 0 Å². The van der Waals surface area contributed by atoms with Crippen molar-refractivity contribution in [3.8, 4) is 0 Å². The van der Waals surface area contributed by atoms with Gasteiger partial charge in [-0.3, -0.25) is 9.78 Å². The Labute approximate surface area is 152 Å². The second kappa shape index (κ2) is 6.60. The third kappa shape index (κ3) is 2.92. The van der Waals surface area contributed by atoms with Crippen LogP contribution >= 0.6 is 0 Å². The molecule has 0 radical (unpaired) electrons. The highest BCUT2D eigenvalue weighted by Gasteiger charge is 2.14. The summed E-state index contributed by atoms with van der Waals surface area (Å²) >= 11 is 0. The third-order valence-electron chi connectivity index (χ3n) is 4.86. The smallest absolute Gasteiger partial charge is 0.251 e. The standard InChI is InChI=1S/C23H20N2O/c1-15-9-12-20(21-8-4-3-7-19(15)21)16(2)25-23(26)18-11-10-17-6-5-13-24-22(17)14-18/h3-14,16H,1-2H3,(H,25,26)/t16-/m1/s1. The van der Waals surface area contributed by atoms with Crippen molar-refractivity contribution >= 4 is 27.6 Å². The van der Waals surface area contributed by atoms with Gasteiger partial charge in [0.25, 0.3) is 5.91 Å². The normalized spacial score (nSPS) is 12.2. The van der Waals surface area contributed by atoms with Crippen LogP contribution < -0.4 is 5.32 Å². The molecule has 1 atom stereocenters. The fourth-order valence-corrected chi connectivity index (χ4v) is 3.42. The van der Waals surface area contributed by atoms with Crippen molar-refractivity contribution in [3.05, 3.63) is 89.6 Å². The Morgan fingerprint density at radius 2 is 1.77 bits per heavy atom. The van der Waals surface area contributed by atoms with Crippen LogP contribution in [0, 0.1) is 6.92 Å². The maximum absolute atomic E-state index is 12.7. The zero-order valence-electron chi connectivity index (χ0n) is 14.9. The minimum atomic E-state index is -0.0903. The Morgan fingerprint density at radius 3 is 2.62 bits per heavy atom. The molecule has 0 unspecified atom stereocenters. The number of pyridine rings is 1. The van der Waals surface area contributed by atoms with Gasteiger partial charge >= 0.3 is 0 Å². The van der Waals surface area contributed by atoms with E-state index in [1.54, 1.807) is 6.20 Å². The SMILES string of the molecule is Cc1ccc([C@@H](C)NC(=O)c2ccc3cccnc3c2)c2ccccc12. The lowest BCUT2D eigenvalue weighted by Gasteiger charge is -2.18. The Morgan fingerprint density at radius 1 is 0.962 bits per heavy atom. The van der Waals surface area contributed by atoms with Gasteiger partial charge in [-0.15, -0.1) is 0 Å². The Hall–Kier alpha value is -3.20. The summed E-state index contributed by atoms with van der Waals surface area (Å²) in [7, 11) is 0. The first-order valence-electron chi connectivity index (χ1n) is 8.77. The van der Waals surface area contributed by atoms with Crippen LogP contribution in [0.1, 0.15) is 34.5 Å². The molecular weight excluding hydrogens is 320 g/mol. The van der Waals surface area contributed by atoms with E-state index in [1.807, 2.05) is 49.4 Å². The average Bonchev–Trinajstić information content (AvgIpc) is 2.68. The van der Waals surface area contributed by atoms with Gasteiger partial charge in [0, 0.05) is 17.1 Å². The molecule has 3 heteroatoms. The van der Waals surface area contributed by atoms with Gasteiger partial charge in [0.15, 0.2) is 0 Å². The van der Waals surface area contributed by atoms with E-state index < -0.39 is 0 Å². The minimum Gasteiger partial charge on any atom is -0.345 e. The van der Waals surface area contributed by atoms with Gasteiger partial charge in [-0.25, -0.2) is 0 Å². The highest BCUT2D eigenvalue weighted by molar-refractivity contribution is 5.98. The van der Waals surface area contributed by atoms with Crippen molar-refractivity contribution in [2.24, 2.45) is 0 Å². The Balaban J connectivity index is 1.64. The van der Waals surface area contributed by atoms with Crippen molar-refractivity contribution < 1.29 is 4.79 Å². The molecule has 0 spiro atoms. The van der Waals surface area contributed by atoms with E-state index in [2.05, 4.69) is 41.5 Å². The molecule has 0 aliphatic carbocycles. The third-order valence-corrected chi connectivity index (χ3v) is 4.86. The number of nitrogens with one attached hydrogen (secondary N) is 1. The monoisotopic (exact) mass is 340 g/mol. The van der Waals surface area contributed by atoms with Crippen molar-refractivity contribution in [2.75, 3.05) is 0 Å². The summed E-state index contributed by atoms with van der Waals surface area (Å²) in [5.74, 6) is -0.0882. The molecule has 128 valence electrons. The maximum Gasteiger partial charge on any atom is 0.251 e. The molecule has 0 fully saturated rings. The maximum atomic E-state index is 12.7. The molecule has 0 saturated carbocycles. The highest BCUT2D eigenvalue weighted by Crippen LogP contribution is 2.27. The molecule has 26 heavy (non-hydrogen) atoms. The number of amides is 1. The lowest BCUT2D eigenvalue weighted by atomic mass is 9.96. The van der Waals surface area contributed by atoms with Crippen LogP contribution in [0.3, 0.4) is 0 Å². The van der Waals surface area contributed by atoms with Crippen molar-refractivity contribution in [1.29, 1.82) is 0 Å². The van der Waals surface area contributed by atoms with E-state index in [0.29, 0.717) is 5.56 Å². The topological polar surface area (TPSA) is 42.0 Å². The van der Waals surface area contributed by atoms with Gasteiger partial charge in [0.05, 0.1) is 11.6 Å². The molecule has 3 nitrogen and oxygen atoms in total. The molecule has 1 N–H and O–H groups in total. The summed E-state index contributed by atoms with van der Waals surface area (Å²) in [6.07, 6.45) is 1.74. The van der Waals surface area contributed by atoms with Crippen LogP contribution in [-0.2, 0) is 0 Å². The molecule has 1 heterocycles. The van der Waals surface area contributed by atoms with Crippen molar-refractivity contribution in [1.82, 2.24) is 10.3 Å². The minimum absolute atomic E-state index is 0.0882. The number of nitrogens with zero attached hydrogens (tertiary/aromatic N) is 1. The number of hydrogen-bond acceptors (Lipinski definition) is 2. The van der Waals surface area contributed by atoms with Gasteiger partial charge in [0.2, 0.25) is 0 Å². The van der Waals surface area contributed by atoms with Gasteiger partial charge in [0.1, 0.15) is 0 Å². The summed E-state index contributed by atoms with van der Waals surface area (Å²) in [4.78, 5) is 17.1. The van der Waals surface area contributed by atoms with E-state index in [0.717, 1.165) is 16.5 Å². The predicted octanol–water partition coefficient (Wildman–Crippen LogP) is 5.19. The molecule has 0 saturated heterocycles. The summed E-state index contributed by atoms with van der Waals surface area (Å²) in [6, 6.07) is 21.9. The molecule has 1 amide bonds. The highest BCUT2D eigenvalue weighted by atomic mass is 16.1. The molecule has 0 aliphatic heterocycles. The summed E-state index contributed by atoms with van der Waals surface area (Å²) in [6.45, 7) is 4.13. The number of hydrogen-bond donors (Lipinski definition) is 1. The molecule has 0 bridgehead atoms. The summed E-state index contributed by atoms with van der Waals surface area (Å²) in [5.41, 5.74) is 3.81. The molecule has 3 aromatic carbocycles. The van der Waals surface area contributed by atoms with Crippen LogP contribution in [0.15, 0.2) is 72.9 Å². The zero-order valence-corrected chi connectivity index (χ0v) is 14.9. The number of benzene rings is 3. The second-order valence-corrected chi connectivity index (χ2v) is 6.62. The number of fused-ring (bicyclic) bond motifs is 2. The van der Waals surface area contributed by atoms with Crippen LogP contribution in [0.5, 0.6) is 0 Å². The van der Waals surface area contributed by atoms with E-state index in [9.17, 15) is 4.79 Å². The molecule has 4 aromatic rings. The largest absolute Gasteiger partial charge is 0.345 e. The molecule has 1 aromatic heterocycles. The number of aryl methyl sites for hydroxylation is 1. The van der Waals surface area contributed by atoms with Crippen LogP contribution in [0.4, 0.5) is 0 Å². The number of aromatic nitrogens is 1. The van der Waals surface area contributed by atoms with E-state index in [1.165, 1.54) is 16.3 Å². The average molecular weight is 340 g/mol. The molecular formula is C23H20N2O. The van der Waals surface area contributed by atoms with Gasteiger partial charge in [-0.05, 0) is 53.9 Å². The summed E-state index contributed by atoms with van der Waals surface area (Å²) < 4.78 is 0. The van der Waals surface area contributed by atoms with Gasteiger partial charge in [-0.1, -0.05) is 48.5 Å². The van der Waals surface area contributed by atoms with Crippen LogP contribution in [0.2, 0.25) is 0 Å².